The highest BCUT2D eigenvalue weighted by Crippen LogP contribution is 2.29. The van der Waals surface area contributed by atoms with Gasteiger partial charge in [-0.15, -0.1) is 0 Å². The quantitative estimate of drug-likeness (QED) is 0.342. The first kappa shape index (κ1) is 26.6. The molecule has 0 unspecified atom stereocenters. The lowest BCUT2D eigenvalue weighted by Gasteiger charge is -2.38. The topological polar surface area (TPSA) is 87.8 Å². The van der Waals surface area contributed by atoms with Crippen molar-refractivity contribution >= 4 is 33.4 Å². The number of ether oxygens (including phenoxy) is 1. The normalized spacial score (nSPS) is 16.3. The smallest absolute Gasteiger partial charge is 0.241 e. The lowest BCUT2D eigenvalue weighted by atomic mass is 9.91. The number of carbonyl (C=O) groups is 1. The number of nitrogens with one attached hydrogen (secondary N) is 1. The first-order valence-electron chi connectivity index (χ1n) is 12.0. The third-order valence-electron chi connectivity index (χ3n) is 6.54. The van der Waals surface area contributed by atoms with Crippen LogP contribution in [0.5, 0.6) is 5.75 Å². The number of nitrogens with two attached hydrogens (primary N) is 1. The Labute approximate surface area is 225 Å². The molecule has 1 heterocycles. The van der Waals surface area contributed by atoms with E-state index in [-0.39, 0.29) is 12.5 Å². The number of likely N-dealkylation sites (tertiary alicyclic amines) is 1. The first-order chi connectivity index (χ1) is 17.3. The van der Waals surface area contributed by atoms with E-state index in [4.69, 9.17) is 22.1 Å². The number of carbonyl (C=O) groups excluding carboxylic acids is 1. The summed E-state index contributed by atoms with van der Waals surface area (Å²) >= 11 is 9.55. The highest BCUT2D eigenvalue weighted by Gasteiger charge is 2.33. The van der Waals surface area contributed by atoms with Crippen molar-refractivity contribution < 1.29 is 14.6 Å². The molecule has 0 spiro atoms. The van der Waals surface area contributed by atoms with Crippen molar-refractivity contribution in [2.24, 2.45) is 5.73 Å². The van der Waals surface area contributed by atoms with Gasteiger partial charge >= 0.3 is 0 Å². The molecule has 0 radical (unpaired) electrons. The Hall–Kier alpha value is -2.42. The van der Waals surface area contributed by atoms with Crippen LogP contribution in [0.25, 0.3) is 0 Å². The number of hydrogen-bond donors (Lipinski definition) is 3. The zero-order chi connectivity index (χ0) is 25.5. The van der Waals surface area contributed by atoms with Crippen LogP contribution in [0.1, 0.15) is 35.6 Å². The largest absolute Gasteiger partial charge is 0.489 e. The molecule has 190 valence electrons. The summed E-state index contributed by atoms with van der Waals surface area (Å²) in [5, 5.41) is 14.6. The molecule has 1 aliphatic heterocycles. The van der Waals surface area contributed by atoms with E-state index >= 15 is 0 Å². The van der Waals surface area contributed by atoms with E-state index in [1.807, 2.05) is 66.7 Å². The fourth-order valence-electron chi connectivity index (χ4n) is 4.27. The van der Waals surface area contributed by atoms with Crippen molar-refractivity contribution in [3.63, 3.8) is 0 Å². The van der Waals surface area contributed by atoms with Crippen LogP contribution in [-0.2, 0) is 17.9 Å². The molecule has 1 aliphatic rings. The highest BCUT2D eigenvalue weighted by atomic mass is 79.9. The second-order valence-corrected chi connectivity index (χ2v) is 10.6. The van der Waals surface area contributed by atoms with Gasteiger partial charge in [0.25, 0.3) is 0 Å². The molecule has 1 fully saturated rings. The minimum Gasteiger partial charge on any atom is -0.489 e. The van der Waals surface area contributed by atoms with Crippen LogP contribution in [0.2, 0.25) is 5.02 Å². The van der Waals surface area contributed by atoms with Gasteiger partial charge in [-0.25, -0.2) is 0 Å². The van der Waals surface area contributed by atoms with Crippen LogP contribution in [0, 0.1) is 0 Å². The van der Waals surface area contributed by atoms with Crippen molar-refractivity contribution in [3.05, 3.63) is 99.0 Å². The summed E-state index contributed by atoms with van der Waals surface area (Å²) in [5.41, 5.74) is 8.00. The Morgan fingerprint density at radius 1 is 1.11 bits per heavy atom. The summed E-state index contributed by atoms with van der Waals surface area (Å²) in [4.78, 5) is 14.8. The molecule has 1 saturated heterocycles. The van der Waals surface area contributed by atoms with Gasteiger partial charge in [0.15, 0.2) is 0 Å². The summed E-state index contributed by atoms with van der Waals surface area (Å²) in [7, 11) is 0. The second-order valence-electron chi connectivity index (χ2n) is 9.27. The maximum absolute atomic E-state index is 12.5. The van der Waals surface area contributed by atoms with E-state index in [9.17, 15) is 9.90 Å². The Bertz CT molecular complexity index is 1150. The van der Waals surface area contributed by atoms with Gasteiger partial charge < -0.3 is 20.9 Å². The predicted molar refractivity (Wildman–Crippen MR) is 146 cm³/mol. The molecular formula is C28H31BrClN3O3. The molecule has 0 saturated carbocycles. The van der Waals surface area contributed by atoms with E-state index in [0.717, 1.165) is 26.9 Å². The van der Waals surface area contributed by atoms with Crippen LogP contribution in [-0.4, -0.2) is 41.1 Å². The van der Waals surface area contributed by atoms with E-state index in [1.54, 1.807) is 0 Å². The van der Waals surface area contributed by atoms with Gasteiger partial charge in [-0.2, -0.15) is 0 Å². The van der Waals surface area contributed by atoms with Gasteiger partial charge in [0.05, 0.1) is 5.60 Å². The van der Waals surface area contributed by atoms with Gasteiger partial charge in [0.1, 0.15) is 18.4 Å². The molecule has 3 aromatic carbocycles. The van der Waals surface area contributed by atoms with Crippen LogP contribution in [0.3, 0.4) is 0 Å². The van der Waals surface area contributed by atoms with E-state index in [2.05, 4.69) is 32.2 Å². The van der Waals surface area contributed by atoms with Gasteiger partial charge in [-0.05, 0) is 54.3 Å². The fraction of sp³-hybridized carbons (Fsp3) is 0.321. The molecule has 3 aromatic rings. The van der Waals surface area contributed by atoms with E-state index in [1.165, 1.54) is 0 Å². The van der Waals surface area contributed by atoms with E-state index < -0.39 is 11.6 Å². The number of aliphatic hydroxyl groups is 1. The molecule has 36 heavy (non-hydrogen) atoms. The number of nitrogens with zero attached hydrogens (tertiary/aromatic N) is 1. The maximum Gasteiger partial charge on any atom is 0.241 e. The SMILES string of the molecule is N[C@H](C(=O)NCC1(O)CCN(Cc2cc(Br)ccc2OCc2ccc(Cl)cc2)CC1)c1ccccc1. The summed E-state index contributed by atoms with van der Waals surface area (Å²) in [6.07, 6.45) is 1.12. The molecule has 0 aliphatic carbocycles. The number of rotatable bonds is 9. The van der Waals surface area contributed by atoms with Crippen molar-refractivity contribution in [1.29, 1.82) is 0 Å². The molecule has 0 bridgehead atoms. The Kier molecular flexibility index (Phi) is 9.04. The Balaban J connectivity index is 1.29. The summed E-state index contributed by atoms with van der Waals surface area (Å²) in [5.74, 6) is 0.546. The third kappa shape index (κ3) is 7.31. The summed E-state index contributed by atoms with van der Waals surface area (Å²) in [6, 6.07) is 22.1. The summed E-state index contributed by atoms with van der Waals surface area (Å²) < 4.78 is 7.11. The average molecular weight is 573 g/mol. The number of halogens is 2. The molecule has 8 heteroatoms. The lowest BCUT2D eigenvalue weighted by Crippen LogP contribution is -2.51. The van der Waals surface area contributed by atoms with Crippen LogP contribution in [0.15, 0.2) is 77.3 Å². The number of benzene rings is 3. The monoisotopic (exact) mass is 571 g/mol. The molecule has 1 atom stereocenters. The molecule has 0 aromatic heterocycles. The van der Waals surface area contributed by atoms with Crippen molar-refractivity contribution in [3.8, 4) is 5.75 Å². The van der Waals surface area contributed by atoms with Crippen LogP contribution in [0.4, 0.5) is 0 Å². The maximum atomic E-state index is 12.5. The molecule has 4 N–H and O–H groups in total. The highest BCUT2D eigenvalue weighted by molar-refractivity contribution is 9.10. The zero-order valence-electron chi connectivity index (χ0n) is 20.0. The molecule has 1 amide bonds. The Morgan fingerprint density at radius 2 is 1.81 bits per heavy atom. The fourth-order valence-corrected chi connectivity index (χ4v) is 4.81. The van der Waals surface area contributed by atoms with Crippen molar-refractivity contribution in [2.75, 3.05) is 19.6 Å². The van der Waals surface area contributed by atoms with Gasteiger partial charge in [-0.1, -0.05) is 70.0 Å². The van der Waals surface area contributed by atoms with Crippen molar-refractivity contribution in [1.82, 2.24) is 10.2 Å². The minimum absolute atomic E-state index is 0.187. The second kappa shape index (κ2) is 12.2. The minimum atomic E-state index is -0.951. The number of hydrogen-bond acceptors (Lipinski definition) is 5. The molecular weight excluding hydrogens is 542 g/mol. The van der Waals surface area contributed by atoms with Gasteiger partial charge in [-0.3, -0.25) is 9.69 Å². The van der Waals surface area contributed by atoms with Gasteiger partial charge in [0, 0.05) is 41.2 Å². The first-order valence-corrected chi connectivity index (χ1v) is 13.2. The Morgan fingerprint density at radius 3 is 2.50 bits per heavy atom. The predicted octanol–water partition coefficient (Wildman–Crippen LogP) is 4.82. The molecule has 4 rings (SSSR count). The van der Waals surface area contributed by atoms with Crippen LogP contribution >= 0.6 is 27.5 Å². The zero-order valence-corrected chi connectivity index (χ0v) is 22.3. The van der Waals surface area contributed by atoms with Crippen molar-refractivity contribution in [2.45, 2.75) is 37.6 Å². The standard InChI is InChI=1S/C28H31BrClN3O3/c29-23-8-11-25(36-18-20-6-9-24(30)10-7-20)22(16-23)17-33-14-12-28(35,13-15-33)19-32-27(34)26(31)21-4-2-1-3-5-21/h1-11,16,26,35H,12-15,17-19,31H2,(H,32,34)/t26-/m0/s1. The number of amides is 1. The lowest BCUT2D eigenvalue weighted by molar-refractivity contribution is -0.124. The molecule has 6 nitrogen and oxygen atoms in total. The van der Waals surface area contributed by atoms with E-state index in [0.29, 0.717) is 44.1 Å². The summed E-state index contributed by atoms with van der Waals surface area (Å²) in [6.45, 7) is 2.76. The van der Waals surface area contributed by atoms with Crippen LogP contribution < -0.4 is 15.8 Å². The average Bonchev–Trinajstić information content (AvgIpc) is 2.89. The third-order valence-corrected chi connectivity index (χ3v) is 7.29. The number of piperidine rings is 1. The van der Waals surface area contributed by atoms with Gasteiger partial charge in [0.2, 0.25) is 5.91 Å².